The van der Waals surface area contributed by atoms with E-state index in [1.165, 1.54) is 25.9 Å². The van der Waals surface area contributed by atoms with Gasteiger partial charge in [0.25, 0.3) is 5.91 Å². The zero-order chi connectivity index (χ0) is 14.4. The molecule has 1 aromatic rings. The van der Waals surface area contributed by atoms with Crippen molar-refractivity contribution < 1.29 is 4.79 Å². The number of benzene rings is 1. The second kappa shape index (κ2) is 7.87. The van der Waals surface area contributed by atoms with Crippen LogP contribution in [0.4, 0.5) is 0 Å². The first kappa shape index (κ1) is 15.6. The van der Waals surface area contributed by atoms with Crippen molar-refractivity contribution in [1.29, 1.82) is 0 Å². The minimum absolute atomic E-state index is 0.115. The van der Waals surface area contributed by atoms with Crippen molar-refractivity contribution in [1.82, 2.24) is 10.2 Å². The van der Waals surface area contributed by atoms with Crippen LogP contribution in [-0.4, -0.2) is 37.0 Å². The van der Waals surface area contributed by atoms with E-state index in [2.05, 4.69) is 10.2 Å². The van der Waals surface area contributed by atoms with Crippen molar-refractivity contribution in [2.45, 2.75) is 25.7 Å². The molecule has 1 saturated heterocycles. The zero-order valence-electron chi connectivity index (χ0n) is 11.5. The van der Waals surface area contributed by atoms with Crippen molar-refractivity contribution in [2.75, 3.05) is 26.2 Å². The average molecular weight is 315 g/mol. The van der Waals surface area contributed by atoms with Gasteiger partial charge >= 0.3 is 0 Å². The second-order valence-corrected chi connectivity index (χ2v) is 6.04. The Bertz CT molecular complexity index is 439. The fraction of sp³-hybridized carbons (Fsp3) is 0.533. The maximum atomic E-state index is 11.9. The SMILES string of the molecule is O=C(NCCCCN1CCCC1)c1cc(Cl)cc(Cl)c1. The van der Waals surface area contributed by atoms with E-state index in [4.69, 9.17) is 23.2 Å². The number of hydrogen-bond donors (Lipinski definition) is 1. The molecule has 1 aliphatic heterocycles. The molecule has 0 saturated carbocycles. The van der Waals surface area contributed by atoms with Gasteiger partial charge in [-0.3, -0.25) is 4.79 Å². The molecule has 1 heterocycles. The summed E-state index contributed by atoms with van der Waals surface area (Å²) in [5.74, 6) is -0.115. The van der Waals surface area contributed by atoms with E-state index in [0.717, 1.165) is 19.4 Å². The summed E-state index contributed by atoms with van der Waals surface area (Å²) in [5, 5.41) is 3.87. The number of unbranched alkanes of at least 4 members (excludes halogenated alkanes) is 1. The minimum atomic E-state index is -0.115. The number of rotatable bonds is 6. The van der Waals surface area contributed by atoms with Gasteiger partial charge in [-0.15, -0.1) is 0 Å². The molecule has 5 heteroatoms. The van der Waals surface area contributed by atoms with Gasteiger partial charge in [0.15, 0.2) is 0 Å². The lowest BCUT2D eigenvalue weighted by Crippen LogP contribution is -2.26. The van der Waals surface area contributed by atoms with Crippen LogP contribution in [0.3, 0.4) is 0 Å². The number of likely N-dealkylation sites (tertiary alicyclic amines) is 1. The zero-order valence-corrected chi connectivity index (χ0v) is 13.0. The van der Waals surface area contributed by atoms with E-state index in [-0.39, 0.29) is 5.91 Å². The summed E-state index contributed by atoms with van der Waals surface area (Å²) >= 11 is 11.8. The van der Waals surface area contributed by atoms with Crippen LogP contribution >= 0.6 is 23.2 Å². The first-order valence-corrected chi connectivity index (χ1v) is 7.87. The highest BCUT2D eigenvalue weighted by atomic mass is 35.5. The summed E-state index contributed by atoms with van der Waals surface area (Å²) in [6.45, 7) is 4.29. The molecular formula is C15H20Cl2N2O. The summed E-state index contributed by atoms with van der Waals surface area (Å²) < 4.78 is 0. The van der Waals surface area contributed by atoms with E-state index in [0.29, 0.717) is 22.2 Å². The molecule has 0 bridgehead atoms. The van der Waals surface area contributed by atoms with E-state index in [9.17, 15) is 4.79 Å². The Morgan fingerprint density at radius 3 is 2.40 bits per heavy atom. The molecular weight excluding hydrogens is 295 g/mol. The van der Waals surface area contributed by atoms with E-state index in [1.54, 1.807) is 18.2 Å². The Morgan fingerprint density at radius 1 is 1.10 bits per heavy atom. The van der Waals surface area contributed by atoms with E-state index >= 15 is 0 Å². The van der Waals surface area contributed by atoms with Gasteiger partial charge in [0, 0.05) is 22.2 Å². The standard InChI is InChI=1S/C15H20Cl2N2O/c16-13-9-12(10-14(17)11-13)15(20)18-5-1-2-6-19-7-3-4-8-19/h9-11H,1-8H2,(H,18,20). The number of nitrogens with zero attached hydrogens (tertiary/aromatic N) is 1. The van der Waals surface area contributed by atoms with Gasteiger partial charge in [0.2, 0.25) is 0 Å². The molecule has 1 N–H and O–H groups in total. The normalized spacial score (nSPS) is 15.5. The quantitative estimate of drug-likeness (QED) is 0.814. The molecule has 0 aliphatic carbocycles. The summed E-state index contributed by atoms with van der Waals surface area (Å²) in [6.07, 6.45) is 4.77. The summed E-state index contributed by atoms with van der Waals surface area (Å²) in [5.41, 5.74) is 0.516. The molecule has 110 valence electrons. The van der Waals surface area contributed by atoms with Crippen LogP contribution in [0.1, 0.15) is 36.0 Å². The molecule has 1 aliphatic rings. The number of carbonyl (C=O) groups excluding carboxylic acids is 1. The number of halogens is 2. The molecule has 0 unspecified atom stereocenters. The highest BCUT2D eigenvalue weighted by molar-refractivity contribution is 6.35. The number of hydrogen-bond acceptors (Lipinski definition) is 2. The van der Waals surface area contributed by atoms with Crippen molar-refractivity contribution >= 4 is 29.1 Å². The molecule has 0 atom stereocenters. The lowest BCUT2D eigenvalue weighted by Gasteiger charge is -2.14. The second-order valence-electron chi connectivity index (χ2n) is 5.17. The lowest BCUT2D eigenvalue weighted by molar-refractivity contribution is 0.0952. The molecule has 3 nitrogen and oxygen atoms in total. The summed E-state index contributed by atoms with van der Waals surface area (Å²) in [4.78, 5) is 14.4. The van der Waals surface area contributed by atoms with Gasteiger partial charge in [-0.1, -0.05) is 23.2 Å². The van der Waals surface area contributed by atoms with Gasteiger partial charge in [-0.25, -0.2) is 0 Å². The summed E-state index contributed by atoms with van der Waals surface area (Å²) in [6, 6.07) is 4.88. The maximum Gasteiger partial charge on any atom is 0.251 e. The van der Waals surface area contributed by atoms with Crippen LogP contribution in [0.15, 0.2) is 18.2 Å². The molecule has 0 spiro atoms. The minimum Gasteiger partial charge on any atom is -0.352 e. The summed E-state index contributed by atoms with van der Waals surface area (Å²) in [7, 11) is 0. The third-order valence-corrected chi connectivity index (χ3v) is 3.95. The van der Waals surface area contributed by atoms with Crippen molar-refractivity contribution in [3.8, 4) is 0 Å². The number of amides is 1. The Morgan fingerprint density at radius 2 is 1.75 bits per heavy atom. The van der Waals surface area contributed by atoms with Gasteiger partial charge < -0.3 is 10.2 Å². The number of nitrogens with one attached hydrogen (secondary N) is 1. The van der Waals surface area contributed by atoms with E-state index < -0.39 is 0 Å². The molecule has 20 heavy (non-hydrogen) atoms. The monoisotopic (exact) mass is 314 g/mol. The van der Waals surface area contributed by atoms with Crippen LogP contribution in [-0.2, 0) is 0 Å². The van der Waals surface area contributed by atoms with Gasteiger partial charge in [0.1, 0.15) is 0 Å². The molecule has 1 amide bonds. The fourth-order valence-electron chi connectivity index (χ4n) is 2.46. The average Bonchev–Trinajstić information content (AvgIpc) is 2.90. The highest BCUT2D eigenvalue weighted by Crippen LogP contribution is 2.18. The maximum absolute atomic E-state index is 11.9. The highest BCUT2D eigenvalue weighted by Gasteiger charge is 2.10. The lowest BCUT2D eigenvalue weighted by atomic mass is 10.2. The third kappa shape index (κ3) is 4.97. The molecule has 0 aromatic heterocycles. The Hall–Kier alpha value is -0.770. The predicted molar refractivity (Wildman–Crippen MR) is 83.7 cm³/mol. The number of carbonyl (C=O) groups is 1. The van der Waals surface area contributed by atoms with Gasteiger partial charge in [-0.2, -0.15) is 0 Å². The molecule has 1 fully saturated rings. The third-order valence-electron chi connectivity index (χ3n) is 3.51. The first-order chi connectivity index (χ1) is 9.65. The molecule has 1 aromatic carbocycles. The van der Waals surface area contributed by atoms with Crippen LogP contribution in [0.25, 0.3) is 0 Å². The van der Waals surface area contributed by atoms with Crippen LogP contribution < -0.4 is 5.32 Å². The van der Waals surface area contributed by atoms with Gasteiger partial charge in [-0.05, 0) is 63.5 Å². The van der Waals surface area contributed by atoms with Crippen LogP contribution in [0.5, 0.6) is 0 Å². The van der Waals surface area contributed by atoms with Crippen LogP contribution in [0, 0.1) is 0 Å². The predicted octanol–water partition coefficient (Wildman–Crippen LogP) is 3.60. The van der Waals surface area contributed by atoms with E-state index in [1.807, 2.05) is 0 Å². The molecule has 2 rings (SSSR count). The topological polar surface area (TPSA) is 32.3 Å². The smallest absolute Gasteiger partial charge is 0.251 e. The van der Waals surface area contributed by atoms with Gasteiger partial charge in [0.05, 0.1) is 0 Å². The van der Waals surface area contributed by atoms with Crippen LogP contribution in [0.2, 0.25) is 10.0 Å². The van der Waals surface area contributed by atoms with Crippen molar-refractivity contribution in [3.63, 3.8) is 0 Å². The Kier molecular flexibility index (Phi) is 6.14. The fourth-order valence-corrected chi connectivity index (χ4v) is 2.98. The Balaban J connectivity index is 1.66. The Labute approximate surface area is 130 Å². The van der Waals surface area contributed by atoms with Crippen molar-refractivity contribution in [2.24, 2.45) is 0 Å². The first-order valence-electron chi connectivity index (χ1n) is 7.12. The largest absolute Gasteiger partial charge is 0.352 e. The molecule has 0 radical (unpaired) electrons. The van der Waals surface area contributed by atoms with Crippen molar-refractivity contribution in [3.05, 3.63) is 33.8 Å².